The molecule has 0 amide bonds. The summed E-state index contributed by atoms with van der Waals surface area (Å²) in [6, 6.07) is 5.82. The first-order valence-electron chi connectivity index (χ1n) is 18.4. The standard InChI is InChI=1S/C39H41F5N6O3/c1-3-25-27(40)9-8-22-18-23(51)19-26(31(22)25)34-33(41)35-32-29(46-34)6-5-7-30-28(4-2)45-14-17-50(30)36(32)48-37(47-35)52-21-38(12-13-38)20-49-15-10-24(11-16-49)53-39(42,43)44/h1,8-9,18-19,24,28,30,45,51H,4-7,10-17,20-21H2,2H3/t28-,30+/m0/s1. The van der Waals surface area contributed by atoms with Crippen molar-refractivity contribution >= 4 is 27.5 Å². The molecule has 2 saturated heterocycles. The number of alkyl halides is 3. The van der Waals surface area contributed by atoms with E-state index >= 15 is 8.78 Å². The Kier molecular flexibility index (Phi) is 9.31. The molecule has 0 radical (unpaired) electrons. The molecular formula is C39H41F5N6O3. The van der Waals surface area contributed by atoms with E-state index in [-0.39, 0.29) is 63.6 Å². The van der Waals surface area contributed by atoms with E-state index in [1.807, 2.05) is 0 Å². The van der Waals surface area contributed by atoms with E-state index in [9.17, 15) is 18.3 Å². The third-order valence-electron chi connectivity index (χ3n) is 11.4. The van der Waals surface area contributed by atoms with Crippen molar-refractivity contribution in [1.29, 1.82) is 0 Å². The average molecular weight is 737 g/mol. The number of nitrogens with zero attached hydrogens (tertiary/aromatic N) is 5. The van der Waals surface area contributed by atoms with Crippen LogP contribution in [0.3, 0.4) is 0 Å². The zero-order valence-corrected chi connectivity index (χ0v) is 29.4. The Balaban J connectivity index is 1.19. The van der Waals surface area contributed by atoms with Gasteiger partial charge in [-0.1, -0.05) is 18.9 Å². The van der Waals surface area contributed by atoms with Crippen LogP contribution in [0.4, 0.5) is 27.8 Å². The number of piperazine rings is 1. The van der Waals surface area contributed by atoms with E-state index in [0.29, 0.717) is 74.3 Å². The number of aromatic nitrogens is 3. The number of nitrogens with one attached hydrogen (secondary N) is 1. The van der Waals surface area contributed by atoms with Gasteiger partial charge in [0.25, 0.3) is 0 Å². The second-order valence-electron chi connectivity index (χ2n) is 14.9. The summed E-state index contributed by atoms with van der Waals surface area (Å²) in [4.78, 5) is 18.9. The first-order valence-corrected chi connectivity index (χ1v) is 18.4. The Morgan fingerprint density at radius 3 is 2.57 bits per heavy atom. The van der Waals surface area contributed by atoms with Crippen molar-refractivity contribution in [1.82, 2.24) is 25.2 Å². The lowest BCUT2D eigenvalue weighted by Crippen LogP contribution is -2.58. The smallest absolute Gasteiger partial charge is 0.508 e. The Labute approximate surface area is 303 Å². The molecule has 2 aromatic carbocycles. The summed E-state index contributed by atoms with van der Waals surface area (Å²) >= 11 is 0. The van der Waals surface area contributed by atoms with Crippen LogP contribution in [0.2, 0.25) is 0 Å². The molecule has 5 heterocycles. The van der Waals surface area contributed by atoms with Gasteiger partial charge in [-0.05, 0) is 75.0 Å². The quantitative estimate of drug-likeness (QED) is 0.149. The first kappa shape index (κ1) is 35.7. The van der Waals surface area contributed by atoms with Gasteiger partial charge in [-0.3, -0.25) is 4.74 Å². The average Bonchev–Trinajstić information content (AvgIpc) is 3.90. The topological polar surface area (TPSA) is 95.9 Å². The first-order chi connectivity index (χ1) is 25.5. The normalized spacial score (nSPS) is 21.9. The Morgan fingerprint density at radius 2 is 1.85 bits per heavy atom. The largest absolute Gasteiger partial charge is 0.522 e. The van der Waals surface area contributed by atoms with Crippen LogP contribution in [0.15, 0.2) is 24.3 Å². The highest BCUT2D eigenvalue weighted by Crippen LogP contribution is 2.48. The van der Waals surface area contributed by atoms with Crippen molar-refractivity contribution in [2.24, 2.45) is 5.41 Å². The van der Waals surface area contributed by atoms with Gasteiger partial charge in [0.2, 0.25) is 0 Å². The van der Waals surface area contributed by atoms with Crippen LogP contribution >= 0.6 is 0 Å². The summed E-state index contributed by atoms with van der Waals surface area (Å²) in [5, 5.41) is 15.5. The van der Waals surface area contributed by atoms with Crippen molar-refractivity contribution in [3.05, 3.63) is 47.2 Å². The molecule has 2 N–H and O–H groups in total. The number of phenols is 1. The fourth-order valence-electron chi connectivity index (χ4n) is 8.59. The summed E-state index contributed by atoms with van der Waals surface area (Å²) in [7, 11) is 0. The second kappa shape index (κ2) is 13.8. The van der Waals surface area contributed by atoms with Gasteiger partial charge in [0, 0.05) is 61.2 Å². The molecule has 53 heavy (non-hydrogen) atoms. The number of hydrogen-bond donors (Lipinski definition) is 2. The lowest BCUT2D eigenvalue weighted by molar-refractivity contribution is -0.345. The molecule has 1 saturated carbocycles. The number of terminal acetylenes is 1. The number of phenolic OH excluding ortho intramolecular Hbond substituents is 1. The third-order valence-corrected chi connectivity index (χ3v) is 11.4. The van der Waals surface area contributed by atoms with Crippen LogP contribution in [-0.4, -0.2) is 88.8 Å². The number of halogens is 5. The summed E-state index contributed by atoms with van der Waals surface area (Å²) < 4.78 is 81.2. The molecule has 2 aromatic heterocycles. The summed E-state index contributed by atoms with van der Waals surface area (Å²) in [5.41, 5.74) is 0.371. The van der Waals surface area contributed by atoms with Crippen LogP contribution in [0.1, 0.15) is 63.1 Å². The van der Waals surface area contributed by atoms with E-state index in [2.05, 4.69) is 32.7 Å². The minimum atomic E-state index is -4.64. The SMILES string of the molecule is C#Cc1c(F)ccc2cc(O)cc(-c3nc4c5c(nc(OCC6(CN7CCC(OC(F)(F)F)CC7)CC6)nc5c3F)N3CCN[C@@H](CC)[C@H]3CCC4)c12. The molecule has 8 rings (SSSR count). The predicted molar refractivity (Wildman–Crippen MR) is 190 cm³/mol. The molecule has 14 heteroatoms. The highest BCUT2D eigenvalue weighted by Gasteiger charge is 2.46. The van der Waals surface area contributed by atoms with Crippen LogP contribution in [-0.2, 0) is 11.2 Å². The van der Waals surface area contributed by atoms with E-state index in [1.54, 1.807) is 0 Å². The fraction of sp³-hybridized carbons (Fsp3) is 0.513. The summed E-state index contributed by atoms with van der Waals surface area (Å²) in [5.74, 6) is 1.39. The molecule has 9 nitrogen and oxygen atoms in total. The molecule has 280 valence electrons. The Bertz CT molecular complexity index is 2090. The number of ether oxygens (including phenoxy) is 2. The molecule has 4 aliphatic rings. The fourth-order valence-corrected chi connectivity index (χ4v) is 8.59. The molecule has 2 atom stereocenters. The maximum atomic E-state index is 17.2. The number of piperidine rings is 1. The predicted octanol–water partition coefficient (Wildman–Crippen LogP) is 6.86. The molecular weight excluding hydrogens is 695 g/mol. The van der Waals surface area contributed by atoms with Gasteiger partial charge in [0.15, 0.2) is 5.82 Å². The molecule has 4 aromatic rings. The number of hydrogen-bond acceptors (Lipinski definition) is 9. The van der Waals surface area contributed by atoms with Crippen molar-refractivity contribution < 1.29 is 36.5 Å². The van der Waals surface area contributed by atoms with E-state index in [0.717, 1.165) is 32.1 Å². The number of fused-ring (bicyclic) bond motifs is 3. The number of rotatable bonds is 8. The van der Waals surface area contributed by atoms with Gasteiger partial charge in [-0.25, -0.2) is 13.8 Å². The lowest BCUT2D eigenvalue weighted by Gasteiger charge is -2.44. The molecule has 3 fully saturated rings. The molecule has 3 aliphatic heterocycles. The van der Waals surface area contributed by atoms with Gasteiger partial charge >= 0.3 is 12.4 Å². The van der Waals surface area contributed by atoms with Crippen molar-refractivity contribution in [2.45, 2.75) is 82.8 Å². The lowest BCUT2D eigenvalue weighted by atomic mass is 9.91. The highest BCUT2D eigenvalue weighted by molar-refractivity contribution is 6.03. The van der Waals surface area contributed by atoms with E-state index in [4.69, 9.17) is 26.1 Å². The third kappa shape index (κ3) is 6.95. The minimum Gasteiger partial charge on any atom is -0.508 e. The second-order valence-corrected chi connectivity index (χ2v) is 14.9. The molecule has 0 bridgehead atoms. The van der Waals surface area contributed by atoms with E-state index < -0.39 is 24.1 Å². The molecule has 1 aliphatic carbocycles. The van der Waals surface area contributed by atoms with Crippen molar-refractivity contribution in [3.8, 4) is 35.4 Å². The number of likely N-dealkylation sites (tertiary alicyclic amines) is 1. The zero-order valence-electron chi connectivity index (χ0n) is 29.4. The highest BCUT2D eigenvalue weighted by atomic mass is 19.4. The maximum Gasteiger partial charge on any atom is 0.522 e. The number of pyridine rings is 1. The van der Waals surface area contributed by atoms with Crippen LogP contribution in [0, 0.1) is 29.4 Å². The number of anilines is 1. The van der Waals surface area contributed by atoms with Crippen LogP contribution in [0.25, 0.3) is 32.9 Å². The number of aromatic hydroxyl groups is 1. The Morgan fingerprint density at radius 1 is 1.06 bits per heavy atom. The number of aryl methyl sites for hydroxylation is 1. The van der Waals surface area contributed by atoms with Crippen LogP contribution < -0.4 is 15.0 Å². The van der Waals surface area contributed by atoms with Gasteiger partial charge in [0.05, 0.1) is 29.4 Å². The van der Waals surface area contributed by atoms with Crippen molar-refractivity contribution in [2.75, 3.05) is 44.2 Å². The van der Waals surface area contributed by atoms with Crippen LogP contribution in [0.5, 0.6) is 11.8 Å². The number of benzene rings is 2. The zero-order chi connectivity index (χ0) is 37.1. The van der Waals surface area contributed by atoms with Gasteiger partial charge in [-0.15, -0.1) is 19.6 Å². The minimum absolute atomic E-state index is 0.0140. The summed E-state index contributed by atoms with van der Waals surface area (Å²) in [6.07, 6.45) is 5.63. The van der Waals surface area contributed by atoms with Gasteiger partial charge < -0.3 is 25.0 Å². The van der Waals surface area contributed by atoms with Crippen molar-refractivity contribution in [3.63, 3.8) is 0 Å². The molecule has 0 unspecified atom stereocenters. The molecule has 0 spiro atoms. The van der Waals surface area contributed by atoms with Gasteiger partial charge in [0.1, 0.15) is 28.6 Å². The van der Waals surface area contributed by atoms with Gasteiger partial charge in [-0.2, -0.15) is 9.97 Å². The maximum absolute atomic E-state index is 17.2. The monoisotopic (exact) mass is 736 g/mol. The summed E-state index contributed by atoms with van der Waals surface area (Å²) in [6.45, 7) is 5.36. The Hall–Kier alpha value is -4.32. The van der Waals surface area contributed by atoms with E-state index in [1.165, 1.54) is 24.3 Å².